The Morgan fingerprint density at radius 1 is 1.18 bits per heavy atom. The third kappa shape index (κ3) is 3.96. The van der Waals surface area contributed by atoms with Gasteiger partial charge >= 0.3 is 0 Å². The van der Waals surface area contributed by atoms with Crippen molar-refractivity contribution in [2.45, 2.75) is 25.7 Å². The highest BCUT2D eigenvalue weighted by Crippen LogP contribution is 2.20. The summed E-state index contributed by atoms with van der Waals surface area (Å²) < 4.78 is 5.33. The number of hydrogen-bond donors (Lipinski definition) is 0. The second kappa shape index (κ2) is 6.36. The van der Waals surface area contributed by atoms with Crippen molar-refractivity contribution >= 4 is 5.91 Å². The number of hydrogen-bond acceptors (Lipinski definition) is 3. The van der Waals surface area contributed by atoms with Crippen molar-refractivity contribution in [3.05, 3.63) is 0 Å². The monoisotopic (exact) mass is 240 g/mol. The van der Waals surface area contributed by atoms with Crippen molar-refractivity contribution in [3.63, 3.8) is 0 Å². The predicted octanol–water partition coefficient (Wildman–Crippen LogP) is 0.967. The van der Waals surface area contributed by atoms with E-state index in [0.29, 0.717) is 11.8 Å². The van der Waals surface area contributed by atoms with Crippen molar-refractivity contribution in [2.75, 3.05) is 46.4 Å². The van der Waals surface area contributed by atoms with E-state index in [1.54, 1.807) is 0 Å². The second-order valence-corrected chi connectivity index (χ2v) is 5.28. The smallest absolute Gasteiger partial charge is 0.222 e. The molecule has 2 fully saturated rings. The van der Waals surface area contributed by atoms with Gasteiger partial charge in [0, 0.05) is 45.8 Å². The lowest BCUT2D eigenvalue weighted by Crippen LogP contribution is -2.47. The highest BCUT2D eigenvalue weighted by Gasteiger charge is 2.20. The third-order valence-corrected chi connectivity index (χ3v) is 3.96. The van der Waals surface area contributed by atoms with Gasteiger partial charge in [-0.3, -0.25) is 4.79 Å². The minimum atomic E-state index is 0.351. The van der Waals surface area contributed by atoms with Crippen LogP contribution < -0.4 is 0 Å². The quantitative estimate of drug-likeness (QED) is 0.737. The normalized spacial score (nSPS) is 23.9. The van der Waals surface area contributed by atoms with Crippen LogP contribution >= 0.6 is 0 Å². The van der Waals surface area contributed by atoms with E-state index < -0.39 is 0 Å². The fourth-order valence-corrected chi connectivity index (χ4v) is 2.58. The zero-order valence-electron chi connectivity index (χ0n) is 10.9. The predicted molar refractivity (Wildman–Crippen MR) is 66.9 cm³/mol. The minimum Gasteiger partial charge on any atom is -0.381 e. The van der Waals surface area contributed by atoms with E-state index in [2.05, 4.69) is 11.9 Å². The van der Waals surface area contributed by atoms with Crippen LogP contribution in [0, 0.1) is 5.92 Å². The van der Waals surface area contributed by atoms with E-state index in [1.165, 1.54) is 0 Å². The Balaban J connectivity index is 1.66. The molecule has 2 aliphatic heterocycles. The Hall–Kier alpha value is -0.610. The topological polar surface area (TPSA) is 32.8 Å². The van der Waals surface area contributed by atoms with Crippen LogP contribution in [0.4, 0.5) is 0 Å². The van der Waals surface area contributed by atoms with Gasteiger partial charge in [0.2, 0.25) is 5.91 Å². The summed E-state index contributed by atoms with van der Waals surface area (Å²) in [6.07, 6.45) is 4.05. The number of ether oxygens (including phenoxy) is 1. The zero-order valence-corrected chi connectivity index (χ0v) is 10.9. The van der Waals surface area contributed by atoms with Gasteiger partial charge in [0.1, 0.15) is 0 Å². The molecule has 2 heterocycles. The van der Waals surface area contributed by atoms with Crippen LogP contribution in [0.5, 0.6) is 0 Å². The number of piperazine rings is 1. The maximum Gasteiger partial charge on any atom is 0.222 e. The first-order valence-corrected chi connectivity index (χ1v) is 6.80. The Morgan fingerprint density at radius 2 is 1.82 bits per heavy atom. The average molecular weight is 240 g/mol. The Morgan fingerprint density at radius 3 is 2.47 bits per heavy atom. The number of amides is 1. The Kier molecular flexibility index (Phi) is 4.80. The second-order valence-electron chi connectivity index (χ2n) is 5.28. The molecule has 1 amide bonds. The first-order chi connectivity index (χ1) is 8.25. The summed E-state index contributed by atoms with van der Waals surface area (Å²) in [6, 6.07) is 0. The maximum atomic E-state index is 12.0. The van der Waals surface area contributed by atoms with Gasteiger partial charge in [0.25, 0.3) is 0 Å². The molecule has 0 radical (unpaired) electrons. The minimum absolute atomic E-state index is 0.351. The van der Waals surface area contributed by atoms with Gasteiger partial charge in [0.05, 0.1) is 0 Å². The molecule has 17 heavy (non-hydrogen) atoms. The van der Waals surface area contributed by atoms with Crippen molar-refractivity contribution in [1.82, 2.24) is 9.80 Å². The van der Waals surface area contributed by atoms with E-state index in [9.17, 15) is 4.79 Å². The Bertz CT molecular complexity index is 244. The highest BCUT2D eigenvalue weighted by atomic mass is 16.5. The van der Waals surface area contributed by atoms with Gasteiger partial charge in [-0.05, 0) is 32.2 Å². The molecule has 0 bridgehead atoms. The number of carbonyl (C=O) groups excluding carboxylic acids is 1. The summed E-state index contributed by atoms with van der Waals surface area (Å²) in [4.78, 5) is 16.3. The van der Waals surface area contributed by atoms with Crippen molar-refractivity contribution in [3.8, 4) is 0 Å². The number of nitrogens with zero attached hydrogens (tertiary/aromatic N) is 2. The standard InChI is InChI=1S/C13H24N2O2/c1-14-6-8-15(9-7-14)13(16)3-2-12-4-10-17-11-5-12/h12H,2-11H2,1H3. The van der Waals surface area contributed by atoms with E-state index in [0.717, 1.165) is 65.1 Å². The molecule has 0 saturated carbocycles. The van der Waals surface area contributed by atoms with Gasteiger partial charge in [-0.25, -0.2) is 0 Å². The molecule has 0 aromatic heterocycles. The van der Waals surface area contributed by atoms with Crippen LogP contribution in [0.3, 0.4) is 0 Å². The molecule has 0 aromatic carbocycles. The summed E-state index contributed by atoms with van der Waals surface area (Å²) in [5.74, 6) is 1.06. The summed E-state index contributed by atoms with van der Waals surface area (Å²) in [7, 11) is 2.11. The summed E-state index contributed by atoms with van der Waals surface area (Å²) >= 11 is 0. The van der Waals surface area contributed by atoms with Crippen LogP contribution in [-0.2, 0) is 9.53 Å². The van der Waals surface area contributed by atoms with Crippen LogP contribution in [0.2, 0.25) is 0 Å². The molecule has 2 aliphatic rings. The lowest BCUT2D eigenvalue weighted by atomic mass is 9.94. The number of carbonyl (C=O) groups is 1. The van der Waals surface area contributed by atoms with Gasteiger partial charge in [-0.15, -0.1) is 0 Å². The molecule has 2 saturated heterocycles. The molecule has 2 rings (SSSR count). The molecule has 0 unspecified atom stereocenters. The largest absolute Gasteiger partial charge is 0.381 e. The molecule has 0 atom stereocenters. The third-order valence-electron chi connectivity index (χ3n) is 3.96. The summed E-state index contributed by atoms with van der Waals surface area (Å²) in [5.41, 5.74) is 0. The van der Waals surface area contributed by atoms with Crippen LogP contribution in [0.1, 0.15) is 25.7 Å². The van der Waals surface area contributed by atoms with Gasteiger partial charge < -0.3 is 14.5 Å². The van der Waals surface area contributed by atoms with E-state index in [1.807, 2.05) is 4.90 Å². The maximum absolute atomic E-state index is 12.0. The lowest BCUT2D eigenvalue weighted by molar-refractivity contribution is -0.133. The first-order valence-electron chi connectivity index (χ1n) is 6.80. The average Bonchev–Trinajstić information content (AvgIpc) is 2.38. The lowest BCUT2D eigenvalue weighted by Gasteiger charge is -2.33. The van der Waals surface area contributed by atoms with Gasteiger partial charge in [-0.1, -0.05) is 0 Å². The van der Waals surface area contributed by atoms with E-state index >= 15 is 0 Å². The molecule has 0 aliphatic carbocycles. The molecule has 98 valence electrons. The molecule has 4 nitrogen and oxygen atoms in total. The van der Waals surface area contributed by atoms with E-state index in [-0.39, 0.29) is 0 Å². The molecule has 0 aromatic rings. The first kappa shape index (κ1) is 12.8. The van der Waals surface area contributed by atoms with Crippen LogP contribution in [0.25, 0.3) is 0 Å². The fraction of sp³-hybridized carbons (Fsp3) is 0.923. The van der Waals surface area contributed by atoms with E-state index in [4.69, 9.17) is 4.74 Å². The van der Waals surface area contributed by atoms with Gasteiger partial charge in [0.15, 0.2) is 0 Å². The molecular formula is C13H24N2O2. The van der Waals surface area contributed by atoms with Crippen molar-refractivity contribution in [1.29, 1.82) is 0 Å². The fourth-order valence-electron chi connectivity index (χ4n) is 2.58. The number of likely N-dealkylation sites (N-methyl/N-ethyl adjacent to an activating group) is 1. The molecule has 0 N–H and O–H groups in total. The molecular weight excluding hydrogens is 216 g/mol. The summed E-state index contributed by atoms with van der Waals surface area (Å²) in [5, 5.41) is 0. The van der Waals surface area contributed by atoms with Crippen molar-refractivity contribution in [2.24, 2.45) is 5.92 Å². The van der Waals surface area contributed by atoms with Crippen LogP contribution in [-0.4, -0.2) is 62.1 Å². The highest BCUT2D eigenvalue weighted by molar-refractivity contribution is 5.76. The Labute approximate surface area is 104 Å². The van der Waals surface area contributed by atoms with Crippen molar-refractivity contribution < 1.29 is 9.53 Å². The SMILES string of the molecule is CN1CCN(C(=O)CCC2CCOCC2)CC1. The molecule has 0 spiro atoms. The summed E-state index contributed by atoms with van der Waals surface area (Å²) in [6.45, 7) is 5.61. The molecule has 4 heteroatoms. The zero-order chi connectivity index (χ0) is 12.1. The van der Waals surface area contributed by atoms with Crippen LogP contribution in [0.15, 0.2) is 0 Å². The van der Waals surface area contributed by atoms with Gasteiger partial charge in [-0.2, -0.15) is 0 Å². The number of rotatable bonds is 3.